The summed E-state index contributed by atoms with van der Waals surface area (Å²) in [5.74, 6) is 0. The lowest BCUT2D eigenvalue weighted by Gasteiger charge is -2.33. The van der Waals surface area contributed by atoms with E-state index >= 15 is 0 Å². The zero-order valence-corrected chi connectivity index (χ0v) is 11.0. The summed E-state index contributed by atoms with van der Waals surface area (Å²) in [5, 5.41) is 0. The molecule has 1 aliphatic rings. The van der Waals surface area contributed by atoms with Gasteiger partial charge in [-0.2, -0.15) is 0 Å². The SMILES string of the molecule is CCO[Si](OCC)(OCC)C1CC=CC1. The van der Waals surface area contributed by atoms with E-state index in [4.69, 9.17) is 13.3 Å². The van der Waals surface area contributed by atoms with Crippen molar-refractivity contribution in [2.75, 3.05) is 19.8 Å². The van der Waals surface area contributed by atoms with Crippen molar-refractivity contribution in [3.63, 3.8) is 0 Å². The van der Waals surface area contributed by atoms with Gasteiger partial charge in [-0.05, 0) is 33.6 Å². The molecule has 0 aromatic carbocycles. The predicted molar refractivity (Wildman–Crippen MR) is 62.8 cm³/mol. The molecule has 0 atom stereocenters. The summed E-state index contributed by atoms with van der Waals surface area (Å²) in [6.07, 6.45) is 6.46. The summed E-state index contributed by atoms with van der Waals surface area (Å²) >= 11 is 0. The molecule has 0 saturated carbocycles. The molecule has 4 heteroatoms. The minimum Gasteiger partial charge on any atom is -0.374 e. The minimum absolute atomic E-state index is 0.428. The van der Waals surface area contributed by atoms with Crippen molar-refractivity contribution in [2.45, 2.75) is 39.2 Å². The molecule has 0 unspecified atom stereocenters. The normalized spacial score (nSPS) is 17.5. The van der Waals surface area contributed by atoms with Gasteiger partial charge in [0.2, 0.25) is 0 Å². The zero-order chi connectivity index (χ0) is 11.1. The molecule has 0 aromatic rings. The minimum atomic E-state index is -2.42. The quantitative estimate of drug-likeness (QED) is 0.497. The van der Waals surface area contributed by atoms with Crippen LogP contribution in [0.3, 0.4) is 0 Å². The van der Waals surface area contributed by atoms with Gasteiger partial charge in [-0.3, -0.25) is 0 Å². The van der Waals surface area contributed by atoms with Crippen LogP contribution in [0, 0.1) is 0 Å². The van der Waals surface area contributed by atoms with Gasteiger partial charge in [-0.15, -0.1) is 0 Å². The lowest BCUT2D eigenvalue weighted by molar-refractivity contribution is 0.0618. The van der Waals surface area contributed by atoms with Crippen LogP contribution in [0.25, 0.3) is 0 Å². The van der Waals surface area contributed by atoms with Crippen LogP contribution in [0.15, 0.2) is 12.2 Å². The van der Waals surface area contributed by atoms with Crippen molar-refractivity contribution in [3.05, 3.63) is 12.2 Å². The van der Waals surface area contributed by atoms with E-state index in [1.165, 1.54) is 0 Å². The molecule has 1 aliphatic carbocycles. The molecule has 0 heterocycles. The fourth-order valence-corrected chi connectivity index (χ4v) is 5.00. The van der Waals surface area contributed by atoms with Crippen LogP contribution in [0.5, 0.6) is 0 Å². The van der Waals surface area contributed by atoms with Crippen LogP contribution in [-0.2, 0) is 13.3 Å². The second-order valence-corrected chi connectivity index (χ2v) is 6.43. The highest BCUT2D eigenvalue weighted by Gasteiger charge is 2.48. The summed E-state index contributed by atoms with van der Waals surface area (Å²) in [7, 11) is -2.42. The Kier molecular flexibility index (Phi) is 5.53. The van der Waals surface area contributed by atoms with E-state index in [9.17, 15) is 0 Å². The highest BCUT2D eigenvalue weighted by Crippen LogP contribution is 2.36. The molecule has 15 heavy (non-hydrogen) atoms. The van der Waals surface area contributed by atoms with Crippen molar-refractivity contribution < 1.29 is 13.3 Å². The fraction of sp³-hybridized carbons (Fsp3) is 0.818. The smallest absolute Gasteiger partial charge is 0.374 e. The highest BCUT2D eigenvalue weighted by atomic mass is 28.4. The molecule has 0 aliphatic heterocycles. The van der Waals surface area contributed by atoms with Gasteiger partial charge >= 0.3 is 8.80 Å². The molecule has 0 spiro atoms. The maximum atomic E-state index is 5.85. The monoisotopic (exact) mass is 230 g/mol. The molecule has 0 radical (unpaired) electrons. The first-order chi connectivity index (χ1) is 7.29. The summed E-state index contributed by atoms with van der Waals surface area (Å²) in [6.45, 7) is 8.01. The van der Waals surface area contributed by atoms with Crippen molar-refractivity contribution in [2.24, 2.45) is 0 Å². The van der Waals surface area contributed by atoms with Crippen LogP contribution >= 0.6 is 0 Å². The number of hydrogen-bond acceptors (Lipinski definition) is 3. The van der Waals surface area contributed by atoms with Gasteiger partial charge < -0.3 is 13.3 Å². The largest absolute Gasteiger partial charge is 0.504 e. The zero-order valence-electron chi connectivity index (χ0n) is 9.99. The van der Waals surface area contributed by atoms with Crippen LogP contribution in [0.4, 0.5) is 0 Å². The second-order valence-electron chi connectivity index (χ2n) is 3.54. The average molecular weight is 230 g/mol. The topological polar surface area (TPSA) is 27.7 Å². The van der Waals surface area contributed by atoms with Crippen LogP contribution < -0.4 is 0 Å². The van der Waals surface area contributed by atoms with Crippen molar-refractivity contribution >= 4 is 8.80 Å². The Morgan fingerprint density at radius 1 is 0.933 bits per heavy atom. The van der Waals surface area contributed by atoms with Crippen LogP contribution in [0.1, 0.15) is 33.6 Å². The Labute approximate surface area is 93.8 Å². The molecule has 1 rings (SSSR count). The molecular weight excluding hydrogens is 208 g/mol. The van der Waals surface area contributed by atoms with Gasteiger partial charge in [0.15, 0.2) is 0 Å². The van der Waals surface area contributed by atoms with Gasteiger partial charge in [-0.1, -0.05) is 12.2 Å². The van der Waals surface area contributed by atoms with E-state index in [-0.39, 0.29) is 0 Å². The molecular formula is C11H22O3Si. The van der Waals surface area contributed by atoms with E-state index in [0.717, 1.165) is 12.8 Å². The summed E-state index contributed by atoms with van der Waals surface area (Å²) < 4.78 is 17.5. The van der Waals surface area contributed by atoms with E-state index in [1.54, 1.807) is 0 Å². The van der Waals surface area contributed by atoms with Crippen molar-refractivity contribution in [3.8, 4) is 0 Å². The maximum Gasteiger partial charge on any atom is 0.504 e. The third kappa shape index (κ3) is 3.14. The number of hydrogen-bond donors (Lipinski definition) is 0. The first kappa shape index (κ1) is 12.9. The van der Waals surface area contributed by atoms with E-state index in [2.05, 4.69) is 12.2 Å². The number of rotatable bonds is 7. The lowest BCUT2D eigenvalue weighted by atomic mass is 10.3. The Morgan fingerprint density at radius 3 is 1.67 bits per heavy atom. The van der Waals surface area contributed by atoms with Gasteiger partial charge in [0.25, 0.3) is 0 Å². The van der Waals surface area contributed by atoms with Crippen LogP contribution in [0.2, 0.25) is 5.54 Å². The van der Waals surface area contributed by atoms with E-state index < -0.39 is 8.80 Å². The fourth-order valence-electron chi connectivity index (χ4n) is 1.99. The van der Waals surface area contributed by atoms with Crippen molar-refractivity contribution in [1.82, 2.24) is 0 Å². The van der Waals surface area contributed by atoms with Crippen LogP contribution in [-0.4, -0.2) is 28.6 Å². The molecule has 0 aromatic heterocycles. The number of allylic oxidation sites excluding steroid dienone is 2. The molecule has 0 saturated heterocycles. The van der Waals surface area contributed by atoms with Gasteiger partial charge in [0.1, 0.15) is 0 Å². The first-order valence-electron chi connectivity index (χ1n) is 5.85. The second kappa shape index (κ2) is 6.43. The molecule has 0 fully saturated rings. The maximum absolute atomic E-state index is 5.85. The third-order valence-corrected chi connectivity index (χ3v) is 6.09. The van der Waals surface area contributed by atoms with Gasteiger partial charge in [0.05, 0.1) is 0 Å². The van der Waals surface area contributed by atoms with E-state index in [0.29, 0.717) is 25.4 Å². The Bertz CT molecular complexity index is 181. The standard InChI is InChI=1S/C11H22O3Si/c1-4-12-15(13-5-2,14-6-3)11-9-7-8-10-11/h7-8,11H,4-6,9-10H2,1-3H3. The molecule has 0 N–H and O–H groups in total. The molecule has 0 bridgehead atoms. The Hall–Kier alpha value is -0.163. The predicted octanol–water partition coefficient (Wildman–Crippen LogP) is 2.76. The molecule has 0 amide bonds. The summed E-state index contributed by atoms with van der Waals surface area (Å²) in [6, 6.07) is 0. The average Bonchev–Trinajstić information content (AvgIpc) is 2.72. The van der Waals surface area contributed by atoms with Crippen molar-refractivity contribution in [1.29, 1.82) is 0 Å². The molecule has 88 valence electrons. The third-order valence-electron chi connectivity index (χ3n) is 2.54. The highest BCUT2D eigenvalue weighted by molar-refractivity contribution is 6.62. The van der Waals surface area contributed by atoms with Gasteiger partial charge in [0, 0.05) is 25.4 Å². The van der Waals surface area contributed by atoms with E-state index in [1.807, 2.05) is 20.8 Å². The summed E-state index contributed by atoms with van der Waals surface area (Å²) in [4.78, 5) is 0. The summed E-state index contributed by atoms with van der Waals surface area (Å²) in [5.41, 5.74) is 0.428. The lowest BCUT2D eigenvalue weighted by Crippen LogP contribution is -2.49. The first-order valence-corrected chi connectivity index (χ1v) is 7.66. The molecule has 3 nitrogen and oxygen atoms in total. The Morgan fingerprint density at radius 2 is 1.33 bits per heavy atom. The van der Waals surface area contributed by atoms with Gasteiger partial charge in [-0.25, -0.2) is 0 Å². The Balaban J connectivity index is 2.69.